The summed E-state index contributed by atoms with van der Waals surface area (Å²) in [5, 5.41) is 11.4. The normalized spacial score (nSPS) is 18.6. The molecule has 0 saturated heterocycles. The third-order valence-electron chi connectivity index (χ3n) is 5.64. The smallest absolute Gasteiger partial charge is 0.422 e. The molecule has 2 aromatic carbocycles. The van der Waals surface area contributed by atoms with Crippen molar-refractivity contribution in [3.05, 3.63) is 65.4 Å². The fraction of sp³-hybridized carbons (Fsp3) is 0.333. The summed E-state index contributed by atoms with van der Waals surface area (Å²) in [6.07, 6.45) is -4.38. The molecule has 3 aromatic rings. The first-order valence-electron chi connectivity index (χ1n) is 10.1. The number of halogens is 3. The zero-order chi connectivity index (χ0) is 22.2. The Hall–Kier alpha value is -2.93. The summed E-state index contributed by atoms with van der Waals surface area (Å²) in [7, 11) is 0. The van der Waals surface area contributed by atoms with Crippen LogP contribution in [0, 0.1) is 13.8 Å². The molecule has 0 radical (unpaired) electrons. The Morgan fingerprint density at radius 2 is 1.97 bits per heavy atom. The molecular formula is C24H23F3N2O2. The van der Waals surface area contributed by atoms with Gasteiger partial charge in [0.2, 0.25) is 0 Å². The van der Waals surface area contributed by atoms with E-state index in [-0.39, 0.29) is 0 Å². The fourth-order valence-corrected chi connectivity index (χ4v) is 3.94. The van der Waals surface area contributed by atoms with Crippen LogP contribution in [0.1, 0.15) is 35.6 Å². The Kier molecular flexibility index (Phi) is 5.47. The molecule has 162 valence electrons. The first kappa shape index (κ1) is 21.3. The molecule has 4 nitrogen and oxygen atoms in total. The quantitative estimate of drug-likeness (QED) is 0.534. The maximum Gasteiger partial charge on any atom is 0.422 e. The lowest BCUT2D eigenvalue weighted by atomic mass is 9.82. The number of aryl methyl sites for hydroxylation is 2. The van der Waals surface area contributed by atoms with Gasteiger partial charge >= 0.3 is 6.18 Å². The highest BCUT2D eigenvalue weighted by molar-refractivity contribution is 5.92. The monoisotopic (exact) mass is 428 g/mol. The van der Waals surface area contributed by atoms with Crippen molar-refractivity contribution in [3.63, 3.8) is 0 Å². The van der Waals surface area contributed by atoms with Gasteiger partial charge in [0, 0.05) is 17.3 Å². The number of benzene rings is 2. The predicted molar refractivity (Wildman–Crippen MR) is 114 cm³/mol. The van der Waals surface area contributed by atoms with Crippen LogP contribution in [0.5, 0.6) is 5.75 Å². The molecule has 2 atom stereocenters. The van der Waals surface area contributed by atoms with Crippen LogP contribution in [0.2, 0.25) is 0 Å². The van der Waals surface area contributed by atoms with Crippen molar-refractivity contribution in [1.82, 2.24) is 4.98 Å². The van der Waals surface area contributed by atoms with Crippen LogP contribution in [-0.2, 0) is 0 Å². The van der Waals surface area contributed by atoms with Gasteiger partial charge in [0.1, 0.15) is 5.75 Å². The van der Waals surface area contributed by atoms with Gasteiger partial charge in [-0.3, -0.25) is 9.98 Å². The van der Waals surface area contributed by atoms with E-state index in [0.717, 1.165) is 11.3 Å². The Morgan fingerprint density at radius 3 is 2.74 bits per heavy atom. The van der Waals surface area contributed by atoms with Crippen molar-refractivity contribution >= 4 is 22.8 Å². The molecule has 0 fully saturated rings. The Bertz CT molecular complexity index is 1140. The first-order chi connectivity index (χ1) is 14.7. The van der Waals surface area contributed by atoms with Gasteiger partial charge in [-0.25, -0.2) is 0 Å². The standard InChI is InChI=1S/C24H23F3N2O2/c1-15-6-9-22-19(12-15)17(10-11-31-22)13-23(30,24(25,26)27)14-28-20-4-3-5-21-18(20)8-7-16(2)29-21/h3-9,12,14,17,30H,10-11,13H2,1-2H3. The summed E-state index contributed by atoms with van der Waals surface area (Å²) in [5.74, 6) is 0.0670. The third-order valence-corrected chi connectivity index (χ3v) is 5.64. The molecule has 2 unspecified atom stereocenters. The lowest BCUT2D eigenvalue weighted by Crippen LogP contribution is -2.48. The zero-order valence-electron chi connectivity index (χ0n) is 17.3. The fourth-order valence-electron chi connectivity index (χ4n) is 3.94. The van der Waals surface area contributed by atoms with Gasteiger partial charge in [-0.15, -0.1) is 0 Å². The molecule has 1 aliphatic heterocycles. The van der Waals surface area contributed by atoms with Crippen molar-refractivity contribution in [2.45, 2.75) is 44.4 Å². The van der Waals surface area contributed by atoms with Gasteiger partial charge in [-0.05, 0) is 68.5 Å². The first-order valence-corrected chi connectivity index (χ1v) is 10.1. The number of hydrogen-bond donors (Lipinski definition) is 1. The van der Waals surface area contributed by atoms with Gasteiger partial charge in [0.25, 0.3) is 0 Å². The van der Waals surface area contributed by atoms with Crippen LogP contribution < -0.4 is 4.74 Å². The number of aromatic nitrogens is 1. The summed E-state index contributed by atoms with van der Waals surface area (Å²) in [6.45, 7) is 4.02. The summed E-state index contributed by atoms with van der Waals surface area (Å²) in [5.41, 5.74) is 0.309. The third kappa shape index (κ3) is 4.28. The number of ether oxygens (including phenoxy) is 1. The average Bonchev–Trinajstić information content (AvgIpc) is 2.71. The number of rotatable bonds is 4. The lowest BCUT2D eigenvalue weighted by Gasteiger charge is -2.33. The lowest BCUT2D eigenvalue weighted by molar-refractivity contribution is -0.232. The summed E-state index contributed by atoms with van der Waals surface area (Å²) < 4.78 is 47.6. The molecule has 0 amide bonds. The Labute approximate surface area is 178 Å². The molecule has 0 spiro atoms. The largest absolute Gasteiger partial charge is 0.493 e. The van der Waals surface area contributed by atoms with Crippen LogP contribution in [0.15, 0.2) is 53.5 Å². The molecule has 0 aliphatic carbocycles. The topological polar surface area (TPSA) is 54.7 Å². The number of nitrogens with zero attached hydrogens (tertiary/aromatic N) is 2. The van der Waals surface area contributed by atoms with Gasteiger partial charge < -0.3 is 9.84 Å². The van der Waals surface area contributed by atoms with Crippen LogP contribution in [-0.4, -0.2) is 34.7 Å². The van der Waals surface area contributed by atoms with E-state index in [1.807, 2.05) is 26.0 Å². The predicted octanol–water partition coefficient (Wildman–Crippen LogP) is 5.80. The number of alkyl halides is 3. The van der Waals surface area contributed by atoms with E-state index in [9.17, 15) is 18.3 Å². The van der Waals surface area contributed by atoms with Gasteiger partial charge in [0.15, 0.2) is 5.60 Å². The number of aliphatic hydroxyl groups is 1. The number of pyridine rings is 1. The molecule has 2 heterocycles. The number of fused-ring (bicyclic) bond motifs is 2. The molecule has 1 N–H and O–H groups in total. The minimum Gasteiger partial charge on any atom is -0.493 e. The van der Waals surface area contributed by atoms with Gasteiger partial charge in [0.05, 0.1) is 17.8 Å². The Morgan fingerprint density at radius 1 is 1.16 bits per heavy atom. The number of aliphatic imine (C=N–C) groups is 1. The van der Waals surface area contributed by atoms with Gasteiger partial charge in [-0.1, -0.05) is 23.8 Å². The molecule has 0 bridgehead atoms. The second kappa shape index (κ2) is 7.96. The highest BCUT2D eigenvalue weighted by Gasteiger charge is 2.54. The van der Waals surface area contributed by atoms with E-state index >= 15 is 0 Å². The van der Waals surface area contributed by atoms with E-state index in [2.05, 4.69) is 9.98 Å². The molecule has 0 saturated carbocycles. The van der Waals surface area contributed by atoms with E-state index in [1.165, 1.54) is 0 Å². The van der Waals surface area contributed by atoms with Crippen molar-refractivity contribution in [3.8, 4) is 5.75 Å². The van der Waals surface area contributed by atoms with E-state index in [4.69, 9.17) is 4.74 Å². The molecular weight excluding hydrogens is 405 g/mol. The second-order valence-corrected chi connectivity index (χ2v) is 8.06. The minimum atomic E-state index is -4.88. The molecule has 31 heavy (non-hydrogen) atoms. The van der Waals surface area contributed by atoms with Crippen molar-refractivity contribution < 1.29 is 23.0 Å². The van der Waals surface area contributed by atoms with E-state index in [0.29, 0.717) is 47.1 Å². The van der Waals surface area contributed by atoms with Gasteiger partial charge in [-0.2, -0.15) is 13.2 Å². The van der Waals surface area contributed by atoms with E-state index < -0.39 is 24.1 Å². The number of hydrogen-bond acceptors (Lipinski definition) is 4. The maximum atomic E-state index is 14.0. The second-order valence-electron chi connectivity index (χ2n) is 8.06. The van der Waals surface area contributed by atoms with Crippen LogP contribution in [0.25, 0.3) is 10.9 Å². The summed E-state index contributed by atoms with van der Waals surface area (Å²) in [4.78, 5) is 8.46. The highest BCUT2D eigenvalue weighted by atomic mass is 19.4. The highest BCUT2D eigenvalue weighted by Crippen LogP contribution is 2.43. The minimum absolute atomic E-state index is 0.306. The summed E-state index contributed by atoms with van der Waals surface area (Å²) >= 11 is 0. The van der Waals surface area contributed by atoms with Crippen LogP contribution in [0.4, 0.5) is 18.9 Å². The molecule has 4 rings (SSSR count). The molecule has 1 aliphatic rings. The van der Waals surface area contributed by atoms with Crippen molar-refractivity contribution in [2.75, 3.05) is 6.61 Å². The van der Waals surface area contributed by atoms with Crippen molar-refractivity contribution in [2.24, 2.45) is 4.99 Å². The van der Waals surface area contributed by atoms with Crippen LogP contribution in [0.3, 0.4) is 0 Å². The molecule has 1 aromatic heterocycles. The molecule has 7 heteroatoms. The maximum absolute atomic E-state index is 14.0. The van der Waals surface area contributed by atoms with E-state index in [1.54, 1.807) is 36.4 Å². The zero-order valence-corrected chi connectivity index (χ0v) is 17.3. The van der Waals surface area contributed by atoms with Crippen LogP contribution >= 0.6 is 0 Å². The Balaban J connectivity index is 1.70. The SMILES string of the molecule is Cc1ccc2c(c1)C(CC(O)(C=Nc1cccc3nc(C)ccc13)C(F)(F)F)CCO2. The summed E-state index contributed by atoms with van der Waals surface area (Å²) in [6, 6.07) is 14.1. The average molecular weight is 428 g/mol. The van der Waals surface area contributed by atoms with Crippen molar-refractivity contribution in [1.29, 1.82) is 0 Å².